The fraction of sp³-hybridized carbons (Fsp3) is 0.154. The van der Waals surface area contributed by atoms with Gasteiger partial charge in [0.1, 0.15) is 17.0 Å². The molecule has 3 rings (SSSR count). The third-order valence-electron chi connectivity index (χ3n) is 3.01. The Balaban J connectivity index is 2.33. The van der Waals surface area contributed by atoms with Gasteiger partial charge in [-0.3, -0.25) is 0 Å². The second-order valence-corrected chi connectivity index (χ2v) is 4.08. The molecule has 0 saturated carbocycles. The Morgan fingerprint density at radius 2 is 2.06 bits per heavy atom. The molecule has 0 aliphatic heterocycles. The van der Waals surface area contributed by atoms with E-state index in [-0.39, 0.29) is 0 Å². The molecule has 0 amide bonds. The number of hydrogen-bond donors (Lipinski definition) is 1. The van der Waals surface area contributed by atoms with Crippen LogP contribution in [0.5, 0.6) is 0 Å². The van der Waals surface area contributed by atoms with Crippen molar-refractivity contribution in [3.63, 3.8) is 0 Å². The summed E-state index contributed by atoms with van der Waals surface area (Å²) in [5.74, 6) is 1.22. The van der Waals surface area contributed by atoms with E-state index in [1.54, 1.807) is 6.07 Å². The van der Waals surface area contributed by atoms with Crippen LogP contribution in [0.3, 0.4) is 0 Å². The monoisotopic (exact) mass is 228 g/mol. The summed E-state index contributed by atoms with van der Waals surface area (Å²) in [6, 6.07) is 7.66. The van der Waals surface area contributed by atoms with Gasteiger partial charge in [-0.1, -0.05) is 17.3 Å². The molecule has 0 aliphatic carbocycles. The first kappa shape index (κ1) is 9.96. The van der Waals surface area contributed by atoms with Gasteiger partial charge in [-0.25, -0.2) is 0 Å². The van der Waals surface area contributed by atoms with Gasteiger partial charge in [0, 0.05) is 17.0 Å². The van der Waals surface area contributed by atoms with Crippen molar-refractivity contribution in [1.29, 1.82) is 0 Å². The zero-order valence-electron chi connectivity index (χ0n) is 9.65. The molecule has 2 N–H and O–H groups in total. The van der Waals surface area contributed by atoms with E-state index in [2.05, 4.69) is 5.16 Å². The Bertz CT molecular complexity index is 695. The molecule has 0 aliphatic rings. The smallest absolute Gasteiger partial charge is 0.222 e. The lowest BCUT2D eigenvalue weighted by Crippen LogP contribution is -1.79. The molecule has 4 nitrogen and oxygen atoms in total. The molecule has 0 radical (unpaired) electrons. The fourth-order valence-corrected chi connectivity index (χ4v) is 1.98. The topological polar surface area (TPSA) is 65.2 Å². The number of fused-ring (bicyclic) bond motifs is 1. The predicted octanol–water partition coefficient (Wildman–Crippen LogP) is 3.29. The molecular formula is C13H12N2O2. The summed E-state index contributed by atoms with van der Waals surface area (Å²) in [6.07, 6.45) is 0. The van der Waals surface area contributed by atoms with Crippen LogP contribution in [0.25, 0.3) is 22.2 Å². The van der Waals surface area contributed by atoms with Gasteiger partial charge in [-0.2, -0.15) is 0 Å². The van der Waals surface area contributed by atoms with E-state index in [1.807, 2.05) is 32.0 Å². The number of nitrogens with zero attached hydrogens (tertiary/aromatic N) is 1. The molecule has 0 saturated heterocycles. The maximum absolute atomic E-state index is 5.77. The van der Waals surface area contributed by atoms with Crippen LogP contribution < -0.4 is 5.73 Å². The van der Waals surface area contributed by atoms with E-state index < -0.39 is 0 Å². The van der Waals surface area contributed by atoms with Crippen LogP contribution in [0.4, 0.5) is 5.88 Å². The standard InChI is InChI=1S/C13H12N2O2/c1-7-8(2)16-13-9(7)4-3-5-10(13)11-6-12(14)17-15-11/h3-6H,14H2,1-2H3. The van der Waals surface area contributed by atoms with Gasteiger partial charge in [0.15, 0.2) is 0 Å². The lowest BCUT2D eigenvalue weighted by molar-refractivity contribution is 0.439. The largest absolute Gasteiger partial charge is 0.460 e. The lowest BCUT2D eigenvalue weighted by Gasteiger charge is -1.96. The molecule has 86 valence electrons. The van der Waals surface area contributed by atoms with Crippen LogP contribution >= 0.6 is 0 Å². The number of rotatable bonds is 1. The van der Waals surface area contributed by atoms with Crippen LogP contribution in [0.2, 0.25) is 0 Å². The van der Waals surface area contributed by atoms with E-state index in [4.69, 9.17) is 14.7 Å². The van der Waals surface area contributed by atoms with Crippen molar-refractivity contribution in [2.75, 3.05) is 5.73 Å². The van der Waals surface area contributed by atoms with Crippen molar-refractivity contribution in [3.8, 4) is 11.3 Å². The van der Waals surface area contributed by atoms with Crippen molar-refractivity contribution < 1.29 is 8.94 Å². The second kappa shape index (κ2) is 3.38. The van der Waals surface area contributed by atoms with Crippen LogP contribution in [-0.2, 0) is 0 Å². The first-order chi connectivity index (χ1) is 8.16. The lowest BCUT2D eigenvalue weighted by atomic mass is 10.1. The highest BCUT2D eigenvalue weighted by Crippen LogP contribution is 2.33. The summed E-state index contributed by atoms with van der Waals surface area (Å²) < 4.78 is 10.7. The maximum Gasteiger partial charge on any atom is 0.222 e. The summed E-state index contributed by atoms with van der Waals surface area (Å²) >= 11 is 0. The normalized spacial score (nSPS) is 11.2. The summed E-state index contributed by atoms with van der Waals surface area (Å²) in [4.78, 5) is 0. The number of para-hydroxylation sites is 1. The van der Waals surface area contributed by atoms with Gasteiger partial charge in [-0.05, 0) is 25.5 Å². The molecule has 0 spiro atoms. The number of hydrogen-bond acceptors (Lipinski definition) is 4. The number of nitrogens with two attached hydrogens (primary N) is 1. The number of aromatic nitrogens is 1. The Morgan fingerprint density at radius 1 is 1.24 bits per heavy atom. The van der Waals surface area contributed by atoms with Gasteiger partial charge in [0.25, 0.3) is 0 Å². The first-order valence-electron chi connectivity index (χ1n) is 5.38. The van der Waals surface area contributed by atoms with Crippen LogP contribution in [-0.4, -0.2) is 5.16 Å². The molecule has 2 aromatic heterocycles. The highest BCUT2D eigenvalue weighted by molar-refractivity contribution is 5.94. The molecule has 3 aromatic rings. The zero-order valence-corrected chi connectivity index (χ0v) is 9.65. The van der Waals surface area contributed by atoms with Gasteiger partial charge >= 0.3 is 0 Å². The first-order valence-corrected chi connectivity index (χ1v) is 5.38. The summed E-state index contributed by atoms with van der Waals surface area (Å²) in [7, 11) is 0. The number of nitrogen functional groups attached to an aromatic ring is 1. The number of benzene rings is 1. The summed E-state index contributed by atoms with van der Waals surface area (Å²) in [5.41, 5.74) is 9.11. The Morgan fingerprint density at radius 3 is 2.76 bits per heavy atom. The minimum atomic E-state index is 0.303. The van der Waals surface area contributed by atoms with Crippen molar-refractivity contribution in [2.45, 2.75) is 13.8 Å². The Labute approximate surface area is 98.0 Å². The van der Waals surface area contributed by atoms with Gasteiger partial charge in [0.05, 0.1) is 0 Å². The zero-order chi connectivity index (χ0) is 12.0. The highest BCUT2D eigenvalue weighted by atomic mass is 16.5. The van der Waals surface area contributed by atoms with E-state index in [9.17, 15) is 0 Å². The summed E-state index contributed by atoms with van der Waals surface area (Å²) in [6.45, 7) is 4.00. The number of aryl methyl sites for hydroxylation is 2. The fourth-order valence-electron chi connectivity index (χ4n) is 1.98. The molecular weight excluding hydrogens is 216 g/mol. The maximum atomic E-state index is 5.77. The highest BCUT2D eigenvalue weighted by Gasteiger charge is 2.14. The van der Waals surface area contributed by atoms with Crippen molar-refractivity contribution in [2.24, 2.45) is 0 Å². The van der Waals surface area contributed by atoms with Crippen molar-refractivity contribution in [1.82, 2.24) is 5.16 Å². The van der Waals surface area contributed by atoms with Crippen molar-refractivity contribution >= 4 is 16.9 Å². The van der Waals surface area contributed by atoms with E-state index >= 15 is 0 Å². The van der Waals surface area contributed by atoms with Gasteiger partial charge < -0.3 is 14.7 Å². The summed E-state index contributed by atoms with van der Waals surface area (Å²) in [5, 5.41) is 5.01. The minimum absolute atomic E-state index is 0.303. The minimum Gasteiger partial charge on any atom is -0.460 e. The SMILES string of the molecule is Cc1oc2c(-c3cc(N)on3)cccc2c1C. The molecule has 0 fully saturated rings. The van der Waals surface area contributed by atoms with Crippen LogP contribution in [0, 0.1) is 13.8 Å². The molecule has 0 atom stereocenters. The molecule has 1 aromatic carbocycles. The average Bonchev–Trinajstić information content (AvgIpc) is 2.85. The molecule has 4 heteroatoms. The molecule has 2 heterocycles. The van der Waals surface area contributed by atoms with Gasteiger partial charge in [-0.15, -0.1) is 0 Å². The average molecular weight is 228 g/mol. The third-order valence-corrected chi connectivity index (χ3v) is 3.01. The Hall–Kier alpha value is -2.23. The number of furan rings is 1. The van der Waals surface area contributed by atoms with Gasteiger partial charge in [0.2, 0.25) is 5.88 Å². The van der Waals surface area contributed by atoms with E-state index in [0.717, 1.165) is 27.9 Å². The Kier molecular flexibility index (Phi) is 1.98. The third kappa shape index (κ3) is 1.41. The second-order valence-electron chi connectivity index (χ2n) is 4.08. The van der Waals surface area contributed by atoms with Crippen LogP contribution in [0.1, 0.15) is 11.3 Å². The van der Waals surface area contributed by atoms with E-state index in [0.29, 0.717) is 11.6 Å². The molecule has 17 heavy (non-hydrogen) atoms. The predicted molar refractivity (Wildman–Crippen MR) is 65.6 cm³/mol. The van der Waals surface area contributed by atoms with Crippen LogP contribution in [0.15, 0.2) is 33.2 Å². The quantitative estimate of drug-likeness (QED) is 0.694. The number of anilines is 1. The van der Waals surface area contributed by atoms with E-state index in [1.165, 1.54) is 0 Å². The molecule has 0 bridgehead atoms. The van der Waals surface area contributed by atoms with Crippen molar-refractivity contribution in [3.05, 3.63) is 35.6 Å². The molecule has 0 unspecified atom stereocenters.